The van der Waals surface area contributed by atoms with E-state index in [2.05, 4.69) is 98.2 Å². The van der Waals surface area contributed by atoms with Gasteiger partial charge in [-0.2, -0.15) is 23.8 Å². The summed E-state index contributed by atoms with van der Waals surface area (Å²) < 4.78 is 0. The maximum Gasteiger partial charge on any atom is -0.0860 e. The molecule has 0 atom stereocenters. The van der Waals surface area contributed by atoms with Crippen LogP contribution in [0.5, 0.6) is 0 Å². The third-order valence-corrected chi connectivity index (χ3v) is 7.44. The van der Waals surface area contributed by atoms with Crippen LogP contribution in [0.2, 0.25) is 32.7 Å². The van der Waals surface area contributed by atoms with E-state index in [1.807, 2.05) is 48.8 Å². The number of hydrogen-bond donors (Lipinski definition) is 0. The first-order valence-corrected chi connectivity index (χ1v) is 21.6. The van der Waals surface area contributed by atoms with E-state index in [1.165, 1.54) is 27.1 Å². The summed E-state index contributed by atoms with van der Waals surface area (Å²) in [6.07, 6.45) is 3.70. The van der Waals surface area contributed by atoms with Crippen LogP contribution in [0.25, 0.3) is 33.3 Å². The van der Waals surface area contributed by atoms with Crippen molar-refractivity contribution in [3.63, 3.8) is 0 Å². The van der Waals surface area contributed by atoms with Crippen molar-refractivity contribution in [1.29, 1.82) is 0 Å². The fraction of sp³-hybridized carbons (Fsp3) is 0.200. The number of benzene rings is 1. The Labute approximate surface area is 250 Å². The van der Waals surface area contributed by atoms with Gasteiger partial charge in [0.25, 0.3) is 0 Å². The van der Waals surface area contributed by atoms with E-state index >= 15 is 0 Å². The van der Waals surface area contributed by atoms with E-state index in [-0.39, 0.29) is 30.2 Å². The van der Waals surface area contributed by atoms with Gasteiger partial charge in [0.05, 0.1) is 19.5 Å². The number of aromatic nitrogens is 2. The second-order valence-corrected chi connectivity index (χ2v) is 24.4. The Balaban J connectivity index is 0.000000484. The molecule has 0 saturated heterocycles. The molecular formula is C30H34Cl2N2Si2Zr-2. The predicted octanol–water partition coefficient (Wildman–Crippen LogP) is 1.73. The molecule has 5 rings (SSSR count). The van der Waals surface area contributed by atoms with Gasteiger partial charge in [-0.3, -0.25) is 9.97 Å². The molecule has 0 fully saturated rings. The number of rotatable bonds is 3. The Morgan fingerprint density at radius 1 is 0.811 bits per heavy atom. The van der Waals surface area contributed by atoms with Crippen molar-refractivity contribution in [2.75, 3.05) is 0 Å². The van der Waals surface area contributed by atoms with E-state index in [1.54, 1.807) is 23.3 Å². The van der Waals surface area contributed by atoms with Gasteiger partial charge in [-0.15, -0.1) is 28.1 Å². The quantitative estimate of drug-likeness (QED) is 0.222. The van der Waals surface area contributed by atoms with Gasteiger partial charge >= 0.3 is 41.9 Å². The van der Waals surface area contributed by atoms with Crippen LogP contribution in [-0.2, 0) is 23.3 Å². The fourth-order valence-corrected chi connectivity index (χ4v) is 4.81. The number of halogens is 2. The molecule has 5 aromatic rings. The standard InChI is InChI=1S/C22H21N2Si.C6H7.C2H6Si.2ClH.Zr/c1-25(2,3)18-13-16-12-17(21-8-4-6-10-23-21)14-20(19(16)15-18)22-9-5-7-11-24-22;1-6-4-2-3-5-6;1-3-2;;;/h4-15H,1-3H3;2-5H,1H3;1-2H3;2*1H;/q2*-1;;;;+2/p-2. The summed E-state index contributed by atoms with van der Waals surface area (Å²) >= 11 is 1.74. The van der Waals surface area contributed by atoms with Crippen molar-refractivity contribution >= 4 is 29.5 Å². The Morgan fingerprint density at radius 2 is 1.35 bits per heavy atom. The topological polar surface area (TPSA) is 25.8 Å². The van der Waals surface area contributed by atoms with Gasteiger partial charge in [0.2, 0.25) is 0 Å². The molecule has 0 saturated carbocycles. The molecule has 0 aliphatic rings. The van der Waals surface area contributed by atoms with Crippen molar-refractivity contribution in [2.24, 2.45) is 0 Å². The molecule has 0 unspecified atom stereocenters. The third kappa shape index (κ3) is 10.2. The predicted molar refractivity (Wildman–Crippen MR) is 153 cm³/mol. The third-order valence-electron chi connectivity index (χ3n) is 5.42. The first kappa shape index (κ1) is 33.4. The largest absolute Gasteiger partial charge is 1.00 e. The van der Waals surface area contributed by atoms with Crippen LogP contribution in [0.4, 0.5) is 0 Å². The molecule has 0 spiro atoms. The Morgan fingerprint density at radius 3 is 1.78 bits per heavy atom. The van der Waals surface area contributed by atoms with E-state index in [9.17, 15) is 0 Å². The molecule has 0 amide bonds. The van der Waals surface area contributed by atoms with E-state index in [0.717, 1.165) is 17.0 Å². The minimum absolute atomic E-state index is 0. The van der Waals surface area contributed by atoms with E-state index < -0.39 is 8.07 Å². The Kier molecular flexibility index (Phi) is 14.2. The van der Waals surface area contributed by atoms with Gasteiger partial charge in [0, 0.05) is 12.4 Å². The first-order chi connectivity index (χ1) is 16.6. The van der Waals surface area contributed by atoms with Crippen LogP contribution in [0, 0.1) is 6.92 Å². The van der Waals surface area contributed by atoms with Crippen molar-refractivity contribution in [3.05, 3.63) is 103 Å². The second kappa shape index (κ2) is 15.7. The Hall–Kier alpha value is -1.62. The zero-order chi connectivity index (χ0) is 25.4. The smallest absolute Gasteiger partial charge is 0.0860 e. The number of fused-ring (bicyclic) bond motifs is 1. The molecule has 0 aliphatic heterocycles. The average Bonchev–Trinajstić information content (AvgIpc) is 3.48. The monoisotopic (exact) mass is 638 g/mol. The molecule has 0 N–H and O–H groups in total. The number of nitrogens with zero attached hydrogens (tertiary/aromatic N) is 2. The van der Waals surface area contributed by atoms with Crippen molar-refractivity contribution in [3.8, 4) is 22.5 Å². The van der Waals surface area contributed by atoms with E-state index in [4.69, 9.17) is 0 Å². The molecule has 2 aromatic heterocycles. The molecular weight excluding hydrogens is 607 g/mol. The summed E-state index contributed by atoms with van der Waals surface area (Å²) in [5, 5.41) is 4.05. The molecule has 192 valence electrons. The maximum atomic E-state index is 4.60. The van der Waals surface area contributed by atoms with Gasteiger partial charge in [0.1, 0.15) is 0 Å². The molecule has 37 heavy (non-hydrogen) atoms. The molecule has 0 aliphatic carbocycles. The van der Waals surface area contributed by atoms with Crippen molar-refractivity contribution in [2.45, 2.75) is 39.7 Å². The summed E-state index contributed by atoms with van der Waals surface area (Å²) in [7, 11) is -1.37. The van der Waals surface area contributed by atoms with E-state index in [0.29, 0.717) is 0 Å². The summed E-state index contributed by atoms with van der Waals surface area (Å²) in [6.45, 7) is 13.9. The van der Waals surface area contributed by atoms with Gasteiger partial charge in [-0.05, 0) is 35.4 Å². The molecule has 7 heteroatoms. The number of pyridine rings is 2. The summed E-state index contributed by atoms with van der Waals surface area (Å²) in [5.41, 5.74) is 5.89. The second-order valence-electron chi connectivity index (χ2n) is 9.91. The minimum atomic E-state index is -1.37. The molecule has 3 aromatic carbocycles. The zero-order valence-electron chi connectivity index (χ0n) is 22.4. The van der Waals surface area contributed by atoms with Gasteiger partial charge in [-0.25, -0.2) is 12.1 Å². The minimum Gasteiger partial charge on any atom is -1.00 e. The van der Waals surface area contributed by atoms with Crippen LogP contribution in [0.1, 0.15) is 5.56 Å². The van der Waals surface area contributed by atoms with Crippen LogP contribution < -0.4 is 30.0 Å². The molecule has 0 radical (unpaired) electrons. The summed E-state index contributed by atoms with van der Waals surface area (Å²) in [4.78, 5) is 9.13. The SMILES string of the molecule is C[Si](C)(C)c1cc2c(-c3ccccn3)cc(-c3ccccn3)cc2[cH-]1.C[Si](C)=[Zr+2].C[c-]1cccc1.[Cl-].[Cl-]. The normalized spacial score (nSPS) is 10.2. The average molecular weight is 641 g/mol. The molecule has 0 bridgehead atoms. The fourth-order valence-electron chi connectivity index (χ4n) is 3.64. The van der Waals surface area contributed by atoms with Gasteiger partial charge < -0.3 is 24.8 Å². The van der Waals surface area contributed by atoms with Crippen molar-refractivity contribution < 1.29 is 48.1 Å². The Bertz CT molecular complexity index is 1360. The van der Waals surface area contributed by atoms with Crippen LogP contribution in [0.3, 0.4) is 0 Å². The maximum absolute atomic E-state index is 4.60. The van der Waals surface area contributed by atoms with Crippen LogP contribution >= 0.6 is 0 Å². The van der Waals surface area contributed by atoms with Gasteiger partial charge in [0.15, 0.2) is 0 Å². The summed E-state index contributed by atoms with van der Waals surface area (Å²) in [6, 6.07) is 29.6. The molecule has 2 nitrogen and oxygen atoms in total. The van der Waals surface area contributed by atoms with Crippen LogP contribution in [-0.4, -0.2) is 23.5 Å². The summed E-state index contributed by atoms with van der Waals surface area (Å²) in [5.74, 6) is 0. The molecule has 2 heterocycles. The number of aryl methyl sites for hydroxylation is 1. The van der Waals surface area contributed by atoms with Gasteiger partial charge in [-0.1, -0.05) is 44.8 Å². The first-order valence-electron chi connectivity index (χ1n) is 11.9. The zero-order valence-corrected chi connectivity index (χ0v) is 28.4. The van der Waals surface area contributed by atoms with Crippen molar-refractivity contribution in [1.82, 2.24) is 9.97 Å². The van der Waals surface area contributed by atoms with Crippen LogP contribution in [0.15, 0.2) is 97.3 Å². The number of hydrogen-bond acceptors (Lipinski definition) is 2.